The lowest BCUT2D eigenvalue weighted by molar-refractivity contribution is -0.144. The standard InChI is InChI=1S/C19H26N2O4S/c1-19(6-7-20-17(23)14-4-8-26-12-14)5-3-13(10-19)18(24)21(2)16-9-15(22)11-25-16/h4,8,12-13,16H,3,5-7,9-11H2,1-2H3,(H,20,23)/t13-,16-,19+/m0/s1. The highest BCUT2D eigenvalue weighted by molar-refractivity contribution is 7.08. The zero-order chi connectivity index (χ0) is 18.7. The first-order valence-electron chi connectivity index (χ1n) is 9.08. The van der Waals surface area contributed by atoms with Crippen molar-refractivity contribution in [3.05, 3.63) is 22.4 Å². The van der Waals surface area contributed by atoms with Crippen LogP contribution in [0.1, 0.15) is 49.4 Å². The fraction of sp³-hybridized carbons (Fsp3) is 0.632. The van der Waals surface area contributed by atoms with Crippen LogP contribution in [0.5, 0.6) is 0 Å². The molecule has 0 unspecified atom stereocenters. The molecule has 1 aromatic heterocycles. The summed E-state index contributed by atoms with van der Waals surface area (Å²) in [5.74, 6) is 0.0446. The van der Waals surface area contributed by atoms with E-state index in [1.54, 1.807) is 11.9 Å². The van der Waals surface area contributed by atoms with Crippen molar-refractivity contribution in [2.75, 3.05) is 20.2 Å². The van der Waals surface area contributed by atoms with Crippen molar-refractivity contribution in [2.45, 2.75) is 45.3 Å². The number of thiophene rings is 1. The molecule has 1 aliphatic heterocycles. The SMILES string of the molecule is CN(C(=O)[C@H]1CC[C@](C)(CCNC(=O)c2ccsc2)C1)[C@@H]1CC(=O)CO1. The Kier molecular flexibility index (Phi) is 5.77. The summed E-state index contributed by atoms with van der Waals surface area (Å²) < 4.78 is 5.40. The summed E-state index contributed by atoms with van der Waals surface area (Å²) in [5, 5.41) is 6.70. The molecule has 0 bridgehead atoms. The van der Waals surface area contributed by atoms with E-state index in [1.807, 2.05) is 16.8 Å². The predicted molar refractivity (Wildman–Crippen MR) is 98.9 cm³/mol. The summed E-state index contributed by atoms with van der Waals surface area (Å²) in [6.45, 7) is 2.91. The van der Waals surface area contributed by atoms with Gasteiger partial charge >= 0.3 is 0 Å². The molecule has 2 aliphatic rings. The van der Waals surface area contributed by atoms with Gasteiger partial charge in [0.15, 0.2) is 5.78 Å². The lowest BCUT2D eigenvalue weighted by Gasteiger charge is -2.28. The van der Waals surface area contributed by atoms with E-state index >= 15 is 0 Å². The first-order chi connectivity index (χ1) is 12.4. The monoisotopic (exact) mass is 378 g/mol. The van der Waals surface area contributed by atoms with Crippen LogP contribution in [-0.4, -0.2) is 48.9 Å². The summed E-state index contributed by atoms with van der Waals surface area (Å²) >= 11 is 1.51. The molecule has 0 aromatic carbocycles. The number of ether oxygens (including phenoxy) is 1. The maximum absolute atomic E-state index is 12.7. The fourth-order valence-corrected chi connectivity index (χ4v) is 4.55. The van der Waals surface area contributed by atoms with Gasteiger partial charge in [-0.15, -0.1) is 0 Å². The molecule has 0 radical (unpaired) electrons. The molecule has 142 valence electrons. The van der Waals surface area contributed by atoms with Crippen LogP contribution in [0, 0.1) is 11.3 Å². The van der Waals surface area contributed by atoms with Gasteiger partial charge in [-0.1, -0.05) is 6.92 Å². The third kappa shape index (κ3) is 4.32. The Balaban J connectivity index is 1.46. The van der Waals surface area contributed by atoms with E-state index in [0.29, 0.717) is 18.5 Å². The van der Waals surface area contributed by atoms with Crippen molar-refractivity contribution in [1.82, 2.24) is 10.2 Å². The summed E-state index contributed by atoms with van der Waals surface area (Å²) in [6, 6.07) is 1.82. The third-order valence-electron chi connectivity index (χ3n) is 5.60. The molecular weight excluding hydrogens is 352 g/mol. The molecule has 3 atom stereocenters. The van der Waals surface area contributed by atoms with Crippen LogP contribution in [0.2, 0.25) is 0 Å². The second-order valence-electron chi connectivity index (χ2n) is 7.73. The Morgan fingerprint density at radius 3 is 2.92 bits per heavy atom. The van der Waals surface area contributed by atoms with Crippen molar-refractivity contribution >= 4 is 28.9 Å². The smallest absolute Gasteiger partial charge is 0.252 e. The maximum Gasteiger partial charge on any atom is 0.252 e. The number of Topliss-reactive ketones (excluding diaryl/α,β-unsaturated/α-hetero) is 1. The van der Waals surface area contributed by atoms with Crippen LogP contribution >= 0.6 is 11.3 Å². The van der Waals surface area contributed by atoms with Gasteiger partial charge in [0.2, 0.25) is 5.91 Å². The van der Waals surface area contributed by atoms with Gasteiger partial charge in [0.1, 0.15) is 12.8 Å². The topological polar surface area (TPSA) is 75.7 Å². The van der Waals surface area contributed by atoms with Gasteiger partial charge in [0.25, 0.3) is 5.91 Å². The quantitative estimate of drug-likeness (QED) is 0.825. The lowest BCUT2D eigenvalue weighted by atomic mass is 9.84. The Morgan fingerprint density at radius 1 is 1.46 bits per heavy atom. The average Bonchev–Trinajstić information content (AvgIpc) is 3.34. The van der Waals surface area contributed by atoms with Gasteiger partial charge in [-0.05, 0) is 42.5 Å². The van der Waals surface area contributed by atoms with Crippen LogP contribution in [0.4, 0.5) is 0 Å². The number of hydrogen-bond donors (Lipinski definition) is 1. The number of carbonyl (C=O) groups excluding carboxylic acids is 3. The highest BCUT2D eigenvalue weighted by Gasteiger charge is 2.41. The van der Waals surface area contributed by atoms with Gasteiger partial charge in [-0.3, -0.25) is 14.4 Å². The number of carbonyl (C=O) groups is 3. The normalized spacial score (nSPS) is 28.3. The summed E-state index contributed by atoms with van der Waals surface area (Å²) in [7, 11) is 1.72. The number of hydrogen-bond acceptors (Lipinski definition) is 5. The predicted octanol–water partition coefficient (Wildman–Crippen LogP) is 2.45. The first-order valence-corrected chi connectivity index (χ1v) is 10.0. The molecule has 1 N–H and O–H groups in total. The van der Waals surface area contributed by atoms with Crippen molar-refractivity contribution in [3.8, 4) is 0 Å². The van der Waals surface area contributed by atoms with Crippen molar-refractivity contribution in [2.24, 2.45) is 11.3 Å². The molecular formula is C19H26N2O4S. The molecule has 1 saturated heterocycles. The van der Waals surface area contributed by atoms with E-state index in [1.165, 1.54) is 11.3 Å². The van der Waals surface area contributed by atoms with Crippen LogP contribution in [0.25, 0.3) is 0 Å². The fourth-order valence-electron chi connectivity index (χ4n) is 3.91. The van der Waals surface area contributed by atoms with E-state index in [9.17, 15) is 14.4 Å². The highest BCUT2D eigenvalue weighted by atomic mass is 32.1. The number of ketones is 1. The minimum atomic E-state index is -0.410. The van der Waals surface area contributed by atoms with Gasteiger partial charge in [0.05, 0.1) is 6.42 Å². The Bertz CT molecular complexity index is 675. The van der Waals surface area contributed by atoms with Gasteiger partial charge in [-0.2, -0.15) is 11.3 Å². The average molecular weight is 378 g/mol. The second-order valence-corrected chi connectivity index (χ2v) is 8.51. The third-order valence-corrected chi connectivity index (χ3v) is 6.28. The van der Waals surface area contributed by atoms with E-state index in [0.717, 1.165) is 25.7 Å². The number of nitrogens with one attached hydrogen (secondary N) is 1. The van der Waals surface area contributed by atoms with E-state index < -0.39 is 6.23 Å². The molecule has 1 saturated carbocycles. The molecule has 1 aliphatic carbocycles. The molecule has 0 spiro atoms. The van der Waals surface area contributed by atoms with Gasteiger partial charge in [-0.25, -0.2) is 0 Å². The summed E-state index contributed by atoms with van der Waals surface area (Å²) in [4.78, 5) is 37.7. The zero-order valence-electron chi connectivity index (χ0n) is 15.3. The minimum absolute atomic E-state index is 0.0307. The summed E-state index contributed by atoms with van der Waals surface area (Å²) in [5.41, 5.74) is 0.752. The summed E-state index contributed by atoms with van der Waals surface area (Å²) in [6.07, 6.45) is 3.36. The number of nitrogens with zero attached hydrogens (tertiary/aromatic N) is 1. The maximum atomic E-state index is 12.7. The molecule has 7 heteroatoms. The number of amides is 2. The Morgan fingerprint density at radius 2 is 2.27 bits per heavy atom. The van der Waals surface area contributed by atoms with Crippen molar-refractivity contribution in [3.63, 3.8) is 0 Å². The molecule has 2 heterocycles. The molecule has 2 amide bonds. The van der Waals surface area contributed by atoms with Crippen LogP contribution in [-0.2, 0) is 14.3 Å². The Labute approximate surface area is 157 Å². The molecule has 6 nitrogen and oxygen atoms in total. The van der Waals surface area contributed by atoms with E-state index in [-0.39, 0.29) is 35.5 Å². The second kappa shape index (κ2) is 7.88. The van der Waals surface area contributed by atoms with E-state index in [4.69, 9.17) is 4.74 Å². The Hall–Kier alpha value is -1.73. The van der Waals surface area contributed by atoms with Crippen molar-refractivity contribution < 1.29 is 19.1 Å². The van der Waals surface area contributed by atoms with Crippen LogP contribution in [0.15, 0.2) is 16.8 Å². The lowest BCUT2D eigenvalue weighted by Crippen LogP contribution is -2.40. The minimum Gasteiger partial charge on any atom is -0.352 e. The molecule has 3 rings (SSSR count). The van der Waals surface area contributed by atoms with E-state index in [2.05, 4.69) is 12.2 Å². The van der Waals surface area contributed by atoms with Crippen LogP contribution in [0.3, 0.4) is 0 Å². The first kappa shape index (κ1) is 19.0. The zero-order valence-corrected chi connectivity index (χ0v) is 16.1. The largest absolute Gasteiger partial charge is 0.352 e. The molecule has 2 fully saturated rings. The highest BCUT2D eigenvalue weighted by Crippen LogP contribution is 2.44. The van der Waals surface area contributed by atoms with Crippen molar-refractivity contribution in [1.29, 1.82) is 0 Å². The molecule has 1 aromatic rings. The van der Waals surface area contributed by atoms with Crippen LogP contribution < -0.4 is 5.32 Å². The van der Waals surface area contributed by atoms with Gasteiger partial charge < -0.3 is 15.0 Å². The molecule has 26 heavy (non-hydrogen) atoms. The number of rotatable bonds is 6. The van der Waals surface area contributed by atoms with Gasteiger partial charge in [0, 0.05) is 30.5 Å².